The summed E-state index contributed by atoms with van der Waals surface area (Å²) in [6.07, 6.45) is 15.4. The molecule has 5 rings (SSSR count). The van der Waals surface area contributed by atoms with Crippen LogP contribution in [0.15, 0.2) is 103 Å². The van der Waals surface area contributed by atoms with Crippen molar-refractivity contribution < 1.29 is 38.2 Å². The van der Waals surface area contributed by atoms with Crippen molar-refractivity contribution in [3.63, 3.8) is 0 Å². The van der Waals surface area contributed by atoms with Crippen molar-refractivity contribution in [2.45, 2.75) is 76.4 Å². The highest BCUT2D eigenvalue weighted by Gasteiger charge is 2.34. The lowest BCUT2D eigenvalue weighted by atomic mass is 9.92. The van der Waals surface area contributed by atoms with Gasteiger partial charge in [0.2, 0.25) is 29.5 Å². The summed E-state index contributed by atoms with van der Waals surface area (Å²) in [6, 6.07) is 15.5. The molecule has 6 atom stereocenters. The zero-order chi connectivity index (χ0) is 44.4. The highest BCUT2D eigenvalue weighted by Crippen LogP contribution is 2.25. The second-order valence-corrected chi connectivity index (χ2v) is 15.8. The van der Waals surface area contributed by atoms with Gasteiger partial charge in [0.05, 0.1) is 20.2 Å². The summed E-state index contributed by atoms with van der Waals surface area (Å²) in [5.74, 6) is -1.57. The van der Waals surface area contributed by atoms with Crippen molar-refractivity contribution in [3.05, 3.63) is 114 Å². The molecule has 15 nitrogen and oxygen atoms in total. The van der Waals surface area contributed by atoms with Crippen molar-refractivity contribution in [2.75, 3.05) is 60.2 Å². The topological polar surface area (TPSA) is 185 Å². The van der Waals surface area contributed by atoms with Crippen LogP contribution in [-0.4, -0.2) is 129 Å². The van der Waals surface area contributed by atoms with E-state index in [0.29, 0.717) is 38.0 Å². The van der Waals surface area contributed by atoms with Crippen molar-refractivity contribution in [3.8, 4) is 5.75 Å². The Kier molecular flexibility index (Phi) is 18.5. The van der Waals surface area contributed by atoms with Crippen molar-refractivity contribution in [1.29, 1.82) is 0 Å². The molecular weight excluding hydrogens is 791 g/mol. The molecule has 1 saturated heterocycles. The zero-order valence-electron chi connectivity index (χ0n) is 36.4. The number of likely N-dealkylation sites (N-methyl/N-ethyl adjacent to an activating group) is 1. The van der Waals surface area contributed by atoms with Crippen molar-refractivity contribution in [2.24, 2.45) is 11.7 Å². The third-order valence-electron chi connectivity index (χ3n) is 11.5. The molecule has 0 radical (unpaired) electrons. The first-order valence-electron chi connectivity index (χ1n) is 21.4. The summed E-state index contributed by atoms with van der Waals surface area (Å²) in [6.45, 7) is 3.57. The summed E-state index contributed by atoms with van der Waals surface area (Å²) in [7, 11) is 3.06. The maximum absolute atomic E-state index is 14.8. The largest absolute Gasteiger partial charge is 0.497 e. The summed E-state index contributed by atoms with van der Waals surface area (Å²) < 4.78 is 16.7. The molecule has 5 N–H and O–H groups in total. The van der Waals surface area contributed by atoms with E-state index in [1.165, 1.54) is 21.7 Å². The van der Waals surface area contributed by atoms with Gasteiger partial charge in [0.1, 0.15) is 43.9 Å². The fraction of sp³-hybridized carbons (Fsp3) is 0.468. The smallest absolute Gasteiger partial charge is 0.242 e. The number of hydrogen-bond donors (Lipinski definition) is 4. The number of hydrogen-bond acceptors (Lipinski definition) is 10. The number of amides is 5. The lowest BCUT2D eigenvalue weighted by molar-refractivity contribution is -0.147. The van der Waals surface area contributed by atoms with Crippen LogP contribution in [0.1, 0.15) is 56.7 Å². The second-order valence-electron chi connectivity index (χ2n) is 15.8. The standard InChI is InChI=1S/C47H63N7O8/c1-33(37-13-7-5-8-14-37)50-26-44(56)53(28-36-20-23-41-42(25-36)62-32-61-41)30-46(58)54(34(2)38-15-9-6-10-16-38)31-45(57)52(27-35-18-21-39(60-4)22-19-35)29-43(55)51-40(47(59)49-3)17-11-12-24-48/h5-10,13-15,18-23,25,33-34,38,40-42,50H,11-12,16-17,24,26-32,48H2,1-4H3,(H,49,59)(H,51,55). The van der Waals surface area contributed by atoms with E-state index >= 15 is 0 Å². The molecule has 0 spiro atoms. The van der Waals surface area contributed by atoms with Crippen LogP contribution >= 0.6 is 0 Å². The van der Waals surface area contributed by atoms with Gasteiger partial charge in [-0.3, -0.25) is 24.0 Å². The molecule has 2 aromatic rings. The summed E-state index contributed by atoms with van der Waals surface area (Å²) >= 11 is 0. The molecule has 1 aliphatic heterocycles. The number of ether oxygens (including phenoxy) is 3. The number of nitrogens with two attached hydrogens (primary N) is 1. The molecule has 0 aromatic heterocycles. The van der Waals surface area contributed by atoms with E-state index in [9.17, 15) is 24.0 Å². The lowest BCUT2D eigenvalue weighted by Crippen LogP contribution is -2.54. The lowest BCUT2D eigenvalue weighted by Gasteiger charge is -2.36. The quantitative estimate of drug-likeness (QED) is 0.121. The molecule has 1 fully saturated rings. The van der Waals surface area contributed by atoms with Gasteiger partial charge in [-0.25, -0.2) is 0 Å². The molecule has 1 heterocycles. The minimum Gasteiger partial charge on any atom is -0.497 e. The molecule has 3 aliphatic rings. The third-order valence-corrected chi connectivity index (χ3v) is 11.5. The molecule has 15 heteroatoms. The van der Waals surface area contributed by atoms with E-state index in [4.69, 9.17) is 19.9 Å². The first kappa shape index (κ1) is 47.4. The third kappa shape index (κ3) is 14.0. The first-order chi connectivity index (χ1) is 30.0. The number of carbonyl (C=O) groups is 5. The SMILES string of the molecule is CNC(=O)C(CCCCN)NC(=O)CN(Cc1ccc(OC)cc1)C(=O)CN(C(=O)CN(CC1=CC2OCOC2C=C1)C(=O)CNC(C)c1ccccc1)C(C)C1C=CC=CC1. The Bertz CT molecular complexity index is 1930. The maximum Gasteiger partial charge on any atom is 0.242 e. The Morgan fingerprint density at radius 3 is 2.29 bits per heavy atom. The Hall–Kier alpha value is -5.61. The van der Waals surface area contributed by atoms with E-state index < -0.39 is 29.8 Å². The average molecular weight is 854 g/mol. The van der Waals surface area contributed by atoms with Gasteiger partial charge in [-0.2, -0.15) is 0 Å². The highest BCUT2D eigenvalue weighted by molar-refractivity contribution is 5.92. The second kappa shape index (κ2) is 24.1. The number of nitrogens with zero attached hydrogens (tertiary/aromatic N) is 3. The zero-order valence-corrected chi connectivity index (χ0v) is 36.4. The number of fused-ring (bicyclic) bond motifs is 1. The predicted molar refractivity (Wildman–Crippen MR) is 236 cm³/mol. The van der Waals surface area contributed by atoms with Crippen LogP contribution in [0.5, 0.6) is 5.75 Å². The normalized spacial score (nSPS) is 19.0. The number of methoxy groups -OCH3 is 1. The molecule has 6 unspecified atom stereocenters. The minimum absolute atomic E-state index is 0.0370. The molecule has 0 saturated carbocycles. The van der Waals surface area contributed by atoms with Gasteiger partial charge >= 0.3 is 0 Å². The van der Waals surface area contributed by atoms with Gasteiger partial charge in [0, 0.05) is 38.1 Å². The maximum atomic E-state index is 14.8. The molecule has 5 amide bonds. The molecule has 2 aromatic carbocycles. The van der Waals surface area contributed by atoms with Crippen LogP contribution in [0, 0.1) is 5.92 Å². The van der Waals surface area contributed by atoms with Gasteiger partial charge in [-0.1, -0.05) is 78.9 Å². The van der Waals surface area contributed by atoms with Crippen molar-refractivity contribution >= 4 is 29.5 Å². The summed E-state index contributed by atoms with van der Waals surface area (Å²) in [4.78, 5) is 74.4. The van der Waals surface area contributed by atoms with Crippen LogP contribution in [-0.2, 0) is 40.0 Å². The Balaban J connectivity index is 1.40. The number of benzene rings is 2. The Morgan fingerprint density at radius 1 is 0.855 bits per heavy atom. The van der Waals surface area contributed by atoms with Gasteiger partial charge in [0.15, 0.2) is 0 Å². The average Bonchev–Trinajstić information content (AvgIpc) is 3.77. The van der Waals surface area contributed by atoms with E-state index in [1.54, 1.807) is 31.4 Å². The van der Waals surface area contributed by atoms with Gasteiger partial charge in [-0.05, 0) is 81.0 Å². The van der Waals surface area contributed by atoms with Crippen LogP contribution in [0.25, 0.3) is 0 Å². The van der Waals surface area contributed by atoms with E-state index in [-0.39, 0.29) is 82.0 Å². The summed E-state index contributed by atoms with van der Waals surface area (Å²) in [5.41, 5.74) is 8.21. The number of allylic oxidation sites excluding steroid dienone is 3. The van der Waals surface area contributed by atoms with E-state index in [2.05, 4.69) is 16.0 Å². The van der Waals surface area contributed by atoms with Gasteiger partial charge in [-0.15, -0.1) is 0 Å². The number of unbranched alkanes of at least 4 members (excludes halogenated alkanes) is 1. The monoisotopic (exact) mass is 853 g/mol. The van der Waals surface area contributed by atoms with Crippen molar-refractivity contribution in [1.82, 2.24) is 30.7 Å². The fourth-order valence-electron chi connectivity index (χ4n) is 7.63. The Labute approximate surface area is 365 Å². The van der Waals surface area contributed by atoms with Gasteiger partial charge in [0.25, 0.3) is 0 Å². The molecule has 334 valence electrons. The fourth-order valence-corrected chi connectivity index (χ4v) is 7.63. The van der Waals surface area contributed by atoms with Crippen LogP contribution in [0.4, 0.5) is 0 Å². The summed E-state index contributed by atoms with van der Waals surface area (Å²) in [5, 5.41) is 8.72. The van der Waals surface area contributed by atoms with Crippen LogP contribution < -0.4 is 26.4 Å². The van der Waals surface area contributed by atoms with E-state index in [0.717, 1.165) is 16.7 Å². The Morgan fingerprint density at radius 2 is 1.60 bits per heavy atom. The predicted octanol–water partition coefficient (Wildman–Crippen LogP) is 3.15. The highest BCUT2D eigenvalue weighted by atomic mass is 16.7. The number of carbonyl (C=O) groups excluding carboxylic acids is 5. The number of nitrogens with one attached hydrogen (secondary N) is 3. The molecule has 2 aliphatic carbocycles. The van der Waals surface area contributed by atoms with Crippen LogP contribution in [0.2, 0.25) is 0 Å². The van der Waals surface area contributed by atoms with Gasteiger partial charge < -0.3 is 50.6 Å². The number of rotatable bonds is 23. The van der Waals surface area contributed by atoms with E-state index in [1.807, 2.05) is 86.7 Å². The molecular formula is C47H63N7O8. The first-order valence-corrected chi connectivity index (χ1v) is 21.4. The molecule has 62 heavy (non-hydrogen) atoms. The molecule has 0 bridgehead atoms. The van der Waals surface area contributed by atoms with Crippen LogP contribution in [0.3, 0.4) is 0 Å². The minimum atomic E-state index is -0.817.